The highest BCUT2D eigenvalue weighted by atomic mass is 16.5. The van der Waals surface area contributed by atoms with Gasteiger partial charge in [-0.1, -0.05) is 12.1 Å². The predicted octanol–water partition coefficient (Wildman–Crippen LogP) is -0.478. The van der Waals surface area contributed by atoms with Crippen molar-refractivity contribution in [2.24, 2.45) is 22.7 Å². The maximum Gasteiger partial charge on any atom is 0.225 e. The van der Waals surface area contributed by atoms with Gasteiger partial charge in [-0.25, -0.2) is 0 Å². The van der Waals surface area contributed by atoms with E-state index in [1.165, 1.54) is 0 Å². The minimum atomic E-state index is -0.165. The fourth-order valence-corrected chi connectivity index (χ4v) is 1.34. The summed E-state index contributed by atoms with van der Waals surface area (Å²) in [6, 6.07) is 0. The third kappa shape index (κ3) is 3.39. The summed E-state index contributed by atoms with van der Waals surface area (Å²) in [6.45, 7) is 3.30. The second-order valence-electron chi connectivity index (χ2n) is 3.73. The number of ether oxygens (including phenoxy) is 1. The minimum absolute atomic E-state index is 0.0231. The number of oxime groups is 1. The number of hydrogen-bond donors (Lipinski definition) is 3. The van der Waals surface area contributed by atoms with E-state index in [4.69, 9.17) is 15.7 Å². The van der Waals surface area contributed by atoms with Crippen LogP contribution in [0.15, 0.2) is 5.16 Å². The van der Waals surface area contributed by atoms with Gasteiger partial charge in [-0.3, -0.25) is 4.79 Å². The van der Waals surface area contributed by atoms with Gasteiger partial charge in [0.25, 0.3) is 0 Å². The first-order chi connectivity index (χ1) is 7.15. The number of carbonyl (C=O) groups is 1. The van der Waals surface area contributed by atoms with Crippen molar-refractivity contribution in [2.75, 3.05) is 19.8 Å². The third-order valence-electron chi connectivity index (χ3n) is 2.50. The number of nitrogens with two attached hydrogens (primary N) is 1. The summed E-state index contributed by atoms with van der Waals surface area (Å²) < 4.78 is 5.10. The summed E-state index contributed by atoms with van der Waals surface area (Å²) in [5, 5.41) is 14.0. The van der Waals surface area contributed by atoms with E-state index in [9.17, 15) is 4.79 Å². The van der Waals surface area contributed by atoms with E-state index in [1.807, 2.05) is 0 Å². The molecule has 0 bridgehead atoms. The van der Waals surface area contributed by atoms with Crippen LogP contribution in [0, 0.1) is 11.8 Å². The van der Waals surface area contributed by atoms with Crippen LogP contribution in [-0.2, 0) is 9.53 Å². The van der Waals surface area contributed by atoms with Crippen LogP contribution >= 0.6 is 0 Å². The first-order valence-corrected chi connectivity index (χ1v) is 4.98. The number of rotatable bonds is 4. The molecule has 1 aliphatic rings. The Balaban J connectivity index is 2.27. The number of carbonyl (C=O) groups excluding carboxylic acids is 1. The zero-order valence-corrected chi connectivity index (χ0v) is 8.77. The molecule has 1 fully saturated rings. The van der Waals surface area contributed by atoms with Crippen molar-refractivity contribution in [1.82, 2.24) is 5.32 Å². The molecule has 1 heterocycles. The van der Waals surface area contributed by atoms with E-state index in [0.29, 0.717) is 19.8 Å². The zero-order valence-electron chi connectivity index (χ0n) is 8.77. The molecule has 1 rings (SSSR count). The van der Waals surface area contributed by atoms with E-state index < -0.39 is 0 Å². The molecular formula is C9H17N3O3. The lowest BCUT2D eigenvalue weighted by Crippen LogP contribution is -2.37. The fourth-order valence-electron chi connectivity index (χ4n) is 1.34. The Morgan fingerprint density at radius 2 is 2.53 bits per heavy atom. The Hall–Kier alpha value is -1.30. The van der Waals surface area contributed by atoms with Gasteiger partial charge in [0, 0.05) is 19.1 Å². The fraction of sp³-hybridized carbons (Fsp3) is 0.778. The molecule has 0 aromatic heterocycles. The van der Waals surface area contributed by atoms with Crippen molar-refractivity contribution < 1.29 is 14.7 Å². The van der Waals surface area contributed by atoms with Gasteiger partial charge in [0.05, 0.1) is 12.5 Å². The van der Waals surface area contributed by atoms with Crippen LogP contribution < -0.4 is 11.1 Å². The molecule has 1 amide bonds. The first-order valence-electron chi connectivity index (χ1n) is 4.98. The molecule has 1 aliphatic heterocycles. The Morgan fingerprint density at radius 3 is 3.07 bits per heavy atom. The molecule has 86 valence electrons. The summed E-state index contributed by atoms with van der Waals surface area (Å²) in [5.74, 6) is -0.117. The summed E-state index contributed by atoms with van der Waals surface area (Å²) in [6.07, 6.45) is 0.768. The Labute approximate surface area is 88.5 Å². The Bertz CT molecular complexity index is 249. The van der Waals surface area contributed by atoms with E-state index in [2.05, 4.69) is 10.5 Å². The van der Waals surface area contributed by atoms with Crippen LogP contribution in [0.4, 0.5) is 0 Å². The molecule has 6 heteroatoms. The average Bonchev–Trinajstić information content (AvgIpc) is 2.77. The predicted molar refractivity (Wildman–Crippen MR) is 54.5 cm³/mol. The molecule has 2 unspecified atom stereocenters. The SMILES string of the molecule is CC(CNC(=O)C1CCOC1)C(N)=NO. The second-order valence-corrected chi connectivity index (χ2v) is 3.73. The van der Waals surface area contributed by atoms with Crippen molar-refractivity contribution in [2.45, 2.75) is 13.3 Å². The lowest BCUT2D eigenvalue weighted by Gasteiger charge is -2.13. The molecule has 0 aliphatic carbocycles. The summed E-state index contributed by atoms with van der Waals surface area (Å²) >= 11 is 0. The van der Waals surface area contributed by atoms with Crippen LogP contribution in [0.3, 0.4) is 0 Å². The lowest BCUT2D eigenvalue weighted by molar-refractivity contribution is -0.125. The van der Waals surface area contributed by atoms with Crippen LogP contribution in [0.25, 0.3) is 0 Å². The topological polar surface area (TPSA) is 96.9 Å². The van der Waals surface area contributed by atoms with Gasteiger partial charge in [0.2, 0.25) is 5.91 Å². The smallest absolute Gasteiger partial charge is 0.225 e. The maximum atomic E-state index is 11.5. The molecular weight excluding hydrogens is 198 g/mol. The molecule has 0 aromatic rings. The van der Waals surface area contributed by atoms with E-state index in [-0.39, 0.29) is 23.6 Å². The van der Waals surface area contributed by atoms with Gasteiger partial charge in [-0.15, -0.1) is 0 Å². The summed E-state index contributed by atoms with van der Waals surface area (Å²) in [4.78, 5) is 11.5. The minimum Gasteiger partial charge on any atom is -0.409 e. The highest BCUT2D eigenvalue weighted by molar-refractivity contribution is 5.83. The van der Waals surface area contributed by atoms with Crippen molar-refractivity contribution >= 4 is 11.7 Å². The molecule has 6 nitrogen and oxygen atoms in total. The molecule has 15 heavy (non-hydrogen) atoms. The average molecular weight is 215 g/mol. The van der Waals surface area contributed by atoms with Gasteiger partial charge in [0.15, 0.2) is 0 Å². The van der Waals surface area contributed by atoms with Crippen molar-refractivity contribution in [3.63, 3.8) is 0 Å². The molecule has 1 saturated heterocycles. The number of amides is 1. The summed E-state index contributed by atoms with van der Waals surface area (Å²) in [7, 11) is 0. The van der Waals surface area contributed by atoms with Gasteiger partial charge in [-0.05, 0) is 6.42 Å². The maximum absolute atomic E-state index is 11.5. The van der Waals surface area contributed by atoms with Crippen molar-refractivity contribution in [1.29, 1.82) is 0 Å². The van der Waals surface area contributed by atoms with Crippen LogP contribution in [-0.4, -0.2) is 36.7 Å². The van der Waals surface area contributed by atoms with Gasteiger partial charge >= 0.3 is 0 Å². The first kappa shape index (κ1) is 11.8. The molecule has 4 N–H and O–H groups in total. The van der Waals surface area contributed by atoms with E-state index in [1.54, 1.807) is 6.92 Å². The van der Waals surface area contributed by atoms with Crippen molar-refractivity contribution in [3.05, 3.63) is 0 Å². The summed E-state index contributed by atoms with van der Waals surface area (Å²) in [5.41, 5.74) is 5.38. The van der Waals surface area contributed by atoms with Gasteiger partial charge in [-0.2, -0.15) is 0 Å². The molecule has 0 spiro atoms. The number of nitrogens with zero attached hydrogens (tertiary/aromatic N) is 1. The van der Waals surface area contributed by atoms with Gasteiger partial charge in [0.1, 0.15) is 5.84 Å². The number of hydrogen-bond acceptors (Lipinski definition) is 4. The lowest BCUT2D eigenvalue weighted by atomic mass is 10.1. The molecule has 0 saturated carbocycles. The van der Waals surface area contributed by atoms with E-state index in [0.717, 1.165) is 6.42 Å². The quantitative estimate of drug-likeness (QED) is 0.255. The second kappa shape index (κ2) is 5.55. The van der Waals surface area contributed by atoms with Crippen LogP contribution in [0.1, 0.15) is 13.3 Å². The normalized spacial score (nSPS) is 23.8. The molecule has 0 radical (unpaired) electrons. The Morgan fingerprint density at radius 1 is 1.80 bits per heavy atom. The number of nitrogens with one attached hydrogen (secondary N) is 1. The highest BCUT2D eigenvalue weighted by Gasteiger charge is 2.23. The van der Waals surface area contributed by atoms with Crippen molar-refractivity contribution in [3.8, 4) is 0 Å². The molecule has 0 aromatic carbocycles. The highest BCUT2D eigenvalue weighted by Crippen LogP contribution is 2.11. The monoisotopic (exact) mass is 215 g/mol. The largest absolute Gasteiger partial charge is 0.409 e. The van der Waals surface area contributed by atoms with E-state index >= 15 is 0 Å². The van der Waals surface area contributed by atoms with Gasteiger partial charge < -0.3 is 21.0 Å². The number of amidine groups is 1. The Kier molecular flexibility index (Phi) is 4.36. The standard InChI is InChI=1S/C9H17N3O3/c1-6(8(10)12-14)4-11-9(13)7-2-3-15-5-7/h6-7,14H,2-5H2,1H3,(H2,10,12)(H,11,13). The molecule has 2 atom stereocenters. The van der Waals surface area contributed by atoms with Crippen LogP contribution in [0.5, 0.6) is 0 Å². The zero-order chi connectivity index (χ0) is 11.3. The third-order valence-corrected chi connectivity index (χ3v) is 2.50. The van der Waals surface area contributed by atoms with Crippen LogP contribution in [0.2, 0.25) is 0 Å².